The van der Waals surface area contributed by atoms with Gasteiger partial charge in [-0.05, 0) is 12.1 Å². The number of hydrogen-bond donors (Lipinski definition) is 3. The number of rotatable bonds is 4. The number of hydrogen-bond acceptors (Lipinski definition) is 5. The van der Waals surface area contributed by atoms with Crippen molar-refractivity contribution >= 4 is 17.6 Å². The fourth-order valence-corrected chi connectivity index (χ4v) is 2.07. The van der Waals surface area contributed by atoms with Crippen molar-refractivity contribution in [3.05, 3.63) is 29.8 Å². The first-order valence-electron chi connectivity index (χ1n) is 6.08. The van der Waals surface area contributed by atoms with Crippen LogP contribution in [0.4, 0.5) is 5.69 Å². The molecule has 1 saturated heterocycles. The van der Waals surface area contributed by atoms with Crippen LogP contribution in [0.5, 0.6) is 0 Å². The minimum Gasteiger partial charge on any atom is -0.478 e. The molecule has 1 aliphatic rings. The summed E-state index contributed by atoms with van der Waals surface area (Å²) in [5, 5.41) is 27.6. The Morgan fingerprint density at radius 1 is 1.05 bits per heavy atom. The number of carboxylic acid groups (broad SMARTS) is 2. The molecule has 1 heterocycles. The second-order valence-corrected chi connectivity index (χ2v) is 4.47. The molecule has 20 heavy (non-hydrogen) atoms. The monoisotopic (exact) mass is 281 g/mol. The van der Waals surface area contributed by atoms with E-state index < -0.39 is 17.5 Å². The van der Waals surface area contributed by atoms with E-state index in [9.17, 15) is 14.7 Å². The Bertz CT molecular complexity index is 492. The molecular weight excluding hydrogens is 266 g/mol. The third kappa shape index (κ3) is 2.45. The largest absolute Gasteiger partial charge is 0.478 e. The number of ether oxygens (including phenoxy) is 1. The summed E-state index contributed by atoms with van der Waals surface area (Å²) in [7, 11) is 0. The molecule has 1 aromatic carbocycles. The molecular formula is C13H15NO6. The number of benzene rings is 1. The van der Waals surface area contributed by atoms with Crippen LogP contribution >= 0.6 is 0 Å². The summed E-state index contributed by atoms with van der Waals surface area (Å²) in [6.07, 6.45) is 0. The summed E-state index contributed by atoms with van der Waals surface area (Å²) in [4.78, 5) is 24.0. The third-order valence-corrected chi connectivity index (χ3v) is 3.28. The maximum atomic E-state index is 11.0. The highest BCUT2D eigenvalue weighted by molar-refractivity contribution is 6.02. The van der Waals surface area contributed by atoms with E-state index in [1.165, 1.54) is 12.1 Å². The topological polar surface area (TPSA) is 107 Å². The van der Waals surface area contributed by atoms with E-state index >= 15 is 0 Å². The van der Waals surface area contributed by atoms with Gasteiger partial charge in [0.05, 0.1) is 13.2 Å². The van der Waals surface area contributed by atoms with Crippen LogP contribution in [0.1, 0.15) is 5.56 Å². The van der Waals surface area contributed by atoms with E-state index in [0.717, 1.165) is 5.69 Å². The van der Waals surface area contributed by atoms with Crippen molar-refractivity contribution in [2.75, 3.05) is 31.2 Å². The van der Waals surface area contributed by atoms with Gasteiger partial charge in [-0.2, -0.15) is 0 Å². The second-order valence-electron chi connectivity index (χ2n) is 4.47. The molecule has 3 N–H and O–H groups in total. The SMILES string of the molecule is O=C(O)C(O)(C(=O)O)c1ccc(N2CCOCC2)cc1. The lowest BCUT2D eigenvalue weighted by atomic mass is 9.94. The number of carboxylic acids is 2. The van der Waals surface area contributed by atoms with Gasteiger partial charge in [-0.25, -0.2) is 9.59 Å². The van der Waals surface area contributed by atoms with Gasteiger partial charge in [0.1, 0.15) is 0 Å². The van der Waals surface area contributed by atoms with Crippen molar-refractivity contribution in [3.8, 4) is 0 Å². The van der Waals surface area contributed by atoms with E-state index in [4.69, 9.17) is 14.9 Å². The van der Waals surface area contributed by atoms with E-state index in [0.29, 0.717) is 26.3 Å². The summed E-state index contributed by atoms with van der Waals surface area (Å²) >= 11 is 0. The molecule has 0 radical (unpaired) electrons. The quantitative estimate of drug-likeness (QED) is 0.660. The number of morpholine rings is 1. The Balaban J connectivity index is 2.26. The zero-order valence-electron chi connectivity index (χ0n) is 10.7. The smallest absolute Gasteiger partial charge is 0.352 e. The summed E-state index contributed by atoms with van der Waals surface area (Å²) in [6.45, 7) is 2.63. The fourth-order valence-electron chi connectivity index (χ4n) is 2.07. The first kappa shape index (κ1) is 14.3. The molecule has 7 heteroatoms. The first-order valence-corrected chi connectivity index (χ1v) is 6.08. The molecule has 0 atom stereocenters. The standard InChI is InChI=1S/C13H15NO6/c15-11(16)13(19,12(17)18)9-1-3-10(4-2-9)14-5-7-20-8-6-14/h1-4,19H,5-8H2,(H,15,16)(H,17,18). The zero-order valence-corrected chi connectivity index (χ0v) is 10.7. The molecule has 1 fully saturated rings. The Hall–Kier alpha value is -2.12. The van der Waals surface area contributed by atoms with Crippen molar-refractivity contribution in [2.45, 2.75) is 5.60 Å². The van der Waals surface area contributed by atoms with Crippen molar-refractivity contribution in [2.24, 2.45) is 0 Å². The fraction of sp³-hybridized carbons (Fsp3) is 0.385. The third-order valence-electron chi connectivity index (χ3n) is 3.28. The van der Waals surface area contributed by atoms with Crippen LogP contribution in [0.25, 0.3) is 0 Å². The molecule has 0 aliphatic carbocycles. The molecule has 0 spiro atoms. The Morgan fingerprint density at radius 3 is 2.00 bits per heavy atom. The minimum absolute atomic E-state index is 0.186. The molecule has 0 amide bonds. The molecule has 1 aliphatic heterocycles. The van der Waals surface area contributed by atoms with Crippen LogP contribution in [-0.2, 0) is 19.9 Å². The van der Waals surface area contributed by atoms with Crippen LogP contribution in [0, 0.1) is 0 Å². The van der Waals surface area contributed by atoms with Crippen LogP contribution in [0.2, 0.25) is 0 Å². The first-order chi connectivity index (χ1) is 9.46. The Morgan fingerprint density at radius 2 is 1.55 bits per heavy atom. The molecule has 0 unspecified atom stereocenters. The average molecular weight is 281 g/mol. The highest BCUT2D eigenvalue weighted by atomic mass is 16.5. The molecule has 108 valence electrons. The van der Waals surface area contributed by atoms with Gasteiger partial charge in [0.25, 0.3) is 5.60 Å². The Labute approximate surface area is 115 Å². The van der Waals surface area contributed by atoms with E-state index in [-0.39, 0.29) is 5.56 Å². The summed E-state index contributed by atoms with van der Waals surface area (Å²) in [5.74, 6) is -3.63. The number of aliphatic carboxylic acids is 2. The minimum atomic E-state index is -2.93. The van der Waals surface area contributed by atoms with Gasteiger partial charge in [-0.15, -0.1) is 0 Å². The van der Waals surface area contributed by atoms with Crippen LogP contribution in [0.15, 0.2) is 24.3 Å². The van der Waals surface area contributed by atoms with Gasteiger partial charge in [0.2, 0.25) is 0 Å². The molecule has 0 aromatic heterocycles. The van der Waals surface area contributed by atoms with Gasteiger partial charge in [-0.3, -0.25) is 0 Å². The number of anilines is 1. The molecule has 7 nitrogen and oxygen atoms in total. The van der Waals surface area contributed by atoms with E-state index in [1.54, 1.807) is 12.1 Å². The number of nitrogens with zero attached hydrogens (tertiary/aromatic N) is 1. The van der Waals surface area contributed by atoms with Gasteiger partial charge in [-0.1, -0.05) is 12.1 Å². The Kier molecular flexibility index (Phi) is 3.91. The molecule has 1 aromatic rings. The van der Waals surface area contributed by atoms with Gasteiger partial charge < -0.3 is 25.0 Å². The van der Waals surface area contributed by atoms with Crippen LogP contribution in [-0.4, -0.2) is 53.6 Å². The lowest BCUT2D eigenvalue weighted by molar-refractivity contribution is -0.177. The molecule has 0 bridgehead atoms. The second kappa shape index (κ2) is 5.48. The highest BCUT2D eigenvalue weighted by Gasteiger charge is 2.46. The molecule has 2 rings (SSSR count). The normalized spacial score (nSPS) is 15.9. The number of carbonyl (C=O) groups is 2. The van der Waals surface area contributed by atoms with Crippen LogP contribution in [0.3, 0.4) is 0 Å². The predicted molar refractivity (Wildman–Crippen MR) is 68.6 cm³/mol. The lowest BCUT2D eigenvalue weighted by Gasteiger charge is -2.29. The number of aliphatic hydroxyl groups is 1. The van der Waals surface area contributed by atoms with E-state index in [2.05, 4.69) is 0 Å². The predicted octanol–water partition coefficient (Wildman–Crippen LogP) is -0.120. The maximum Gasteiger partial charge on any atom is 0.352 e. The van der Waals surface area contributed by atoms with Gasteiger partial charge in [0, 0.05) is 24.3 Å². The van der Waals surface area contributed by atoms with Gasteiger partial charge >= 0.3 is 11.9 Å². The van der Waals surface area contributed by atoms with Gasteiger partial charge in [0.15, 0.2) is 0 Å². The summed E-state index contributed by atoms with van der Waals surface area (Å²) in [6, 6.07) is 5.81. The lowest BCUT2D eigenvalue weighted by Crippen LogP contribution is -2.43. The average Bonchev–Trinajstić information content (AvgIpc) is 2.47. The van der Waals surface area contributed by atoms with Crippen molar-refractivity contribution in [1.82, 2.24) is 0 Å². The van der Waals surface area contributed by atoms with Crippen molar-refractivity contribution < 1.29 is 29.6 Å². The molecule has 0 saturated carbocycles. The van der Waals surface area contributed by atoms with Crippen molar-refractivity contribution in [1.29, 1.82) is 0 Å². The van der Waals surface area contributed by atoms with Crippen molar-refractivity contribution in [3.63, 3.8) is 0 Å². The zero-order chi connectivity index (χ0) is 14.8. The maximum absolute atomic E-state index is 11.0. The summed E-state index contributed by atoms with van der Waals surface area (Å²) in [5.41, 5.74) is -2.28. The summed E-state index contributed by atoms with van der Waals surface area (Å²) < 4.78 is 5.23. The highest BCUT2D eigenvalue weighted by Crippen LogP contribution is 2.25. The van der Waals surface area contributed by atoms with E-state index in [1.807, 2.05) is 4.90 Å². The van der Waals surface area contributed by atoms with Crippen LogP contribution < -0.4 is 4.90 Å².